The lowest BCUT2D eigenvalue weighted by Gasteiger charge is -2.30. The summed E-state index contributed by atoms with van der Waals surface area (Å²) in [5.74, 6) is -3.10. The fourth-order valence-electron chi connectivity index (χ4n) is 4.91. The predicted octanol–water partition coefficient (Wildman–Crippen LogP) is 5.07. The van der Waals surface area contributed by atoms with Gasteiger partial charge in [-0.25, -0.2) is 14.5 Å². The van der Waals surface area contributed by atoms with Gasteiger partial charge in [-0.05, 0) is 23.8 Å². The van der Waals surface area contributed by atoms with E-state index in [4.69, 9.17) is 47.1 Å². The van der Waals surface area contributed by atoms with E-state index in [2.05, 4.69) is 10.1 Å². The second-order valence-corrected chi connectivity index (χ2v) is 10.9. The highest BCUT2D eigenvalue weighted by molar-refractivity contribution is 6.42. The number of carbonyl (C=O) groups excluding carboxylic acids is 4. The summed E-state index contributed by atoms with van der Waals surface area (Å²) in [7, 11) is 0. The highest BCUT2D eigenvalue weighted by Crippen LogP contribution is 2.36. The molecule has 0 aliphatic heterocycles. The monoisotopic (exact) mass is 667 g/mol. The summed E-state index contributed by atoms with van der Waals surface area (Å²) in [6.45, 7) is 4.05. The first-order valence-corrected chi connectivity index (χ1v) is 14.6. The fraction of sp³-hybridized carbons (Fsp3) is 0.258. The summed E-state index contributed by atoms with van der Waals surface area (Å²) in [4.78, 5) is 57.6. The van der Waals surface area contributed by atoms with Gasteiger partial charge in [-0.1, -0.05) is 53.5 Å². The van der Waals surface area contributed by atoms with Crippen molar-refractivity contribution in [1.29, 1.82) is 0 Å². The van der Waals surface area contributed by atoms with Crippen LogP contribution in [-0.4, -0.2) is 66.8 Å². The van der Waals surface area contributed by atoms with Gasteiger partial charge in [0.2, 0.25) is 6.10 Å². The Labute approximate surface area is 271 Å². The van der Waals surface area contributed by atoms with Crippen molar-refractivity contribution in [3.63, 3.8) is 0 Å². The lowest BCUT2D eigenvalue weighted by molar-refractivity contribution is -0.190. The normalized spacial score (nSPS) is 13.2. The Hall–Kier alpha value is -5.01. The van der Waals surface area contributed by atoms with Crippen LogP contribution in [0.2, 0.25) is 10.0 Å². The number of halogens is 2. The summed E-state index contributed by atoms with van der Waals surface area (Å²) >= 11 is 12.5. The second-order valence-electron chi connectivity index (χ2n) is 10.1. The van der Waals surface area contributed by atoms with Crippen LogP contribution in [0.25, 0.3) is 33.5 Å². The van der Waals surface area contributed by atoms with E-state index in [9.17, 15) is 19.2 Å². The van der Waals surface area contributed by atoms with Crippen LogP contribution in [-0.2, 0) is 38.1 Å². The maximum Gasteiger partial charge on any atom is 0.303 e. The third-order valence-corrected chi connectivity index (χ3v) is 7.43. The number of hydrogen-bond acceptors (Lipinski definition) is 11. The zero-order valence-corrected chi connectivity index (χ0v) is 26.5. The van der Waals surface area contributed by atoms with E-state index < -0.39 is 48.8 Å². The van der Waals surface area contributed by atoms with Gasteiger partial charge in [0.05, 0.1) is 15.4 Å². The lowest BCUT2D eigenvalue weighted by atomic mass is 10.1. The molecule has 0 saturated carbocycles. The Kier molecular flexibility index (Phi) is 9.54. The highest BCUT2D eigenvalue weighted by atomic mass is 35.5. The smallest absolute Gasteiger partial charge is 0.303 e. The molecule has 0 bridgehead atoms. The van der Waals surface area contributed by atoms with Crippen LogP contribution in [0.15, 0.2) is 61.1 Å². The zero-order valence-electron chi connectivity index (χ0n) is 25.0. The van der Waals surface area contributed by atoms with Gasteiger partial charge < -0.3 is 23.5 Å². The van der Waals surface area contributed by atoms with Crippen molar-refractivity contribution in [3.8, 4) is 16.8 Å². The number of ether oxygens (including phenoxy) is 4. The molecule has 0 N–H and O–H groups in total. The summed E-state index contributed by atoms with van der Waals surface area (Å²) in [5, 5.41) is 5.85. The van der Waals surface area contributed by atoms with E-state index in [1.165, 1.54) is 10.8 Å². The molecule has 0 amide bonds. The van der Waals surface area contributed by atoms with Crippen LogP contribution in [0.1, 0.15) is 39.6 Å². The molecule has 3 aromatic heterocycles. The van der Waals surface area contributed by atoms with Crippen LogP contribution in [0.4, 0.5) is 0 Å². The quantitative estimate of drug-likeness (QED) is 0.145. The van der Waals surface area contributed by atoms with Gasteiger partial charge in [0.25, 0.3) is 0 Å². The molecule has 0 aliphatic carbocycles. The molecule has 3 heterocycles. The molecule has 5 aromatic rings. The molecular formula is C31H27Cl2N5O8. The molecule has 2 aromatic carbocycles. The average molecular weight is 668 g/mol. The van der Waals surface area contributed by atoms with Gasteiger partial charge in [-0.15, -0.1) is 5.10 Å². The third-order valence-electron chi connectivity index (χ3n) is 6.69. The summed E-state index contributed by atoms with van der Waals surface area (Å²) in [5.41, 5.74) is 3.08. The Bertz CT molecular complexity index is 1960. The van der Waals surface area contributed by atoms with Gasteiger partial charge in [-0.2, -0.15) is 0 Å². The SMILES string of the molecule is CC(=O)OC[C@@H](OC(C)=O)[C@@H](OC(C)=O)[C@@H](OC(C)=O)c1nc2c3c(-c4ccccc4)cn(-c4ccc(Cl)c(Cl)c4)c3ncn2n1. The molecule has 13 nitrogen and oxygen atoms in total. The molecular weight excluding hydrogens is 641 g/mol. The fourth-order valence-corrected chi connectivity index (χ4v) is 5.20. The van der Waals surface area contributed by atoms with Crippen molar-refractivity contribution in [3.05, 3.63) is 76.9 Å². The topological polar surface area (TPSA) is 153 Å². The van der Waals surface area contributed by atoms with Crippen LogP contribution in [0.3, 0.4) is 0 Å². The van der Waals surface area contributed by atoms with Crippen molar-refractivity contribution in [1.82, 2.24) is 24.1 Å². The molecule has 0 aliphatic rings. The molecule has 0 radical (unpaired) electrons. The van der Waals surface area contributed by atoms with Crippen molar-refractivity contribution in [2.45, 2.75) is 46.0 Å². The highest BCUT2D eigenvalue weighted by Gasteiger charge is 2.41. The van der Waals surface area contributed by atoms with Gasteiger partial charge in [-0.3, -0.25) is 19.2 Å². The molecule has 5 rings (SSSR count). The molecule has 15 heteroatoms. The van der Waals surface area contributed by atoms with E-state index in [1.807, 2.05) is 41.1 Å². The number of hydrogen-bond donors (Lipinski definition) is 0. The van der Waals surface area contributed by atoms with Crippen LogP contribution < -0.4 is 0 Å². The molecule has 0 saturated heterocycles. The van der Waals surface area contributed by atoms with Crippen LogP contribution in [0.5, 0.6) is 0 Å². The van der Waals surface area contributed by atoms with Gasteiger partial charge in [0.1, 0.15) is 12.9 Å². The molecule has 0 unspecified atom stereocenters. The summed E-state index contributed by atoms with van der Waals surface area (Å²) in [6.07, 6.45) is -1.07. The Morgan fingerprint density at radius 2 is 1.52 bits per heavy atom. The van der Waals surface area contributed by atoms with Crippen molar-refractivity contribution in [2.75, 3.05) is 6.61 Å². The largest absolute Gasteiger partial charge is 0.462 e. The van der Waals surface area contributed by atoms with Crippen molar-refractivity contribution < 1.29 is 38.1 Å². The van der Waals surface area contributed by atoms with Crippen LogP contribution >= 0.6 is 23.2 Å². The van der Waals surface area contributed by atoms with E-state index in [1.54, 1.807) is 18.2 Å². The number of benzene rings is 2. The molecule has 46 heavy (non-hydrogen) atoms. The number of carbonyl (C=O) groups is 4. The van der Waals surface area contributed by atoms with E-state index in [0.29, 0.717) is 32.4 Å². The third kappa shape index (κ3) is 6.95. The summed E-state index contributed by atoms with van der Waals surface area (Å²) < 4.78 is 24.7. The number of fused-ring (bicyclic) bond motifs is 3. The zero-order chi connectivity index (χ0) is 33.1. The molecule has 0 fully saturated rings. The Morgan fingerprint density at radius 3 is 2.15 bits per heavy atom. The minimum absolute atomic E-state index is 0.1000. The van der Waals surface area contributed by atoms with Gasteiger partial charge in [0, 0.05) is 45.1 Å². The Balaban J connectivity index is 1.73. The number of esters is 4. The minimum atomic E-state index is -1.50. The van der Waals surface area contributed by atoms with E-state index >= 15 is 0 Å². The first-order chi connectivity index (χ1) is 21.9. The van der Waals surface area contributed by atoms with Crippen molar-refractivity contribution >= 4 is 63.8 Å². The van der Waals surface area contributed by atoms with Gasteiger partial charge >= 0.3 is 23.9 Å². The van der Waals surface area contributed by atoms with Crippen LogP contribution in [0, 0.1) is 0 Å². The standard InChI is InChI=1S/C31H27Cl2N5O8/c1-16(39)43-14-25(44-17(2)40)27(45-18(3)41)28(46-19(4)42)29-35-31-26-22(20-8-6-5-7-9-20)13-37(30(26)34-15-38(31)36-29)21-10-11-23(32)24(33)12-21/h5-13,15,25,27-28H,14H2,1-4H3/t25-,27-,28-/m1/s1. The number of rotatable bonds is 10. The Morgan fingerprint density at radius 1 is 0.826 bits per heavy atom. The second kappa shape index (κ2) is 13.5. The maximum atomic E-state index is 12.4. The molecule has 0 spiro atoms. The predicted molar refractivity (Wildman–Crippen MR) is 165 cm³/mol. The first kappa shape index (κ1) is 32.4. The first-order valence-electron chi connectivity index (χ1n) is 13.8. The molecule has 3 atom stereocenters. The number of nitrogens with zero attached hydrogens (tertiary/aromatic N) is 5. The molecule has 238 valence electrons. The van der Waals surface area contributed by atoms with Gasteiger partial charge in [0.15, 0.2) is 29.3 Å². The summed E-state index contributed by atoms with van der Waals surface area (Å²) in [6, 6.07) is 14.7. The minimum Gasteiger partial charge on any atom is -0.462 e. The van der Waals surface area contributed by atoms with Crippen molar-refractivity contribution in [2.24, 2.45) is 0 Å². The van der Waals surface area contributed by atoms with E-state index in [0.717, 1.165) is 38.8 Å². The van der Waals surface area contributed by atoms with E-state index in [-0.39, 0.29) is 5.82 Å². The maximum absolute atomic E-state index is 12.4. The number of aromatic nitrogens is 5. The average Bonchev–Trinajstić information content (AvgIpc) is 3.60. The lowest BCUT2D eigenvalue weighted by Crippen LogP contribution is -2.44.